The van der Waals surface area contributed by atoms with Gasteiger partial charge >= 0.3 is 0 Å². The Kier molecular flexibility index (Phi) is 5.48. The average Bonchev–Trinajstić information content (AvgIpc) is 2.63. The first-order valence-corrected chi connectivity index (χ1v) is 8.80. The highest BCUT2D eigenvalue weighted by Crippen LogP contribution is 2.25. The van der Waals surface area contributed by atoms with Gasteiger partial charge in [-0.05, 0) is 49.5 Å². The van der Waals surface area contributed by atoms with E-state index < -0.39 is 22.7 Å². The molecule has 1 aliphatic rings. The van der Waals surface area contributed by atoms with Crippen LogP contribution in [-0.2, 0) is 9.59 Å². The topological polar surface area (TPSA) is 105 Å². The molecule has 0 bridgehead atoms. The van der Waals surface area contributed by atoms with Gasteiger partial charge in [-0.1, -0.05) is 17.7 Å². The van der Waals surface area contributed by atoms with Crippen LogP contribution in [0, 0.1) is 23.0 Å². The number of thiocarbonyl (C=S) groups is 1. The molecule has 1 aliphatic heterocycles. The maximum absolute atomic E-state index is 12.8. The quantitative estimate of drug-likeness (QED) is 0.270. The summed E-state index contributed by atoms with van der Waals surface area (Å²) in [6.07, 6.45) is 1.15. The maximum atomic E-state index is 12.8. The standard InChI is InChI=1S/C18H13ClN4O4S/c1-10-2-5-12(8-15(10)23(26)27)20-9-14-16(24)21-18(28)22(17(14)25)13-6-3-11(19)4-7-13/h2-9,14H,1H3,(H,21,24,28)/t14-/m0/s1. The molecule has 0 spiro atoms. The van der Waals surface area contributed by atoms with Crippen LogP contribution in [0.25, 0.3) is 0 Å². The van der Waals surface area contributed by atoms with Crippen molar-refractivity contribution in [3.63, 3.8) is 0 Å². The maximum Gasteiger partial charge on any atom is 0.274 e. The van der Waals surface area contributed by atoms with Crippen LogP contribution < -0.4 is 10.2 Å². The molecule has 1 heterocycles. The van der Waals surface area contributed by atoms with Gasteiger partial charge in [0.2, 0.25) is 5.91 Å². The summed E-state index contributed by atoms with van der Waals surface area (Å²) in [7, 11) is 0. The van der Waals surface area contributed by atoms with E-state index in [1.54, 1.807) is 43.3 Å². The smallest absolute Gasteiger partial charge is 0.274 e. The molecule has 3 rings (SSSR count). The number of benzene rings is 2. The Hall–Kier alpha value is -3.17. The molecule has 2 aromatic rings. The van der Waals surface area contributed by atoms with Gasteiger partial charge in [0.1, 0.15) is 0 Å². The van der Waals surface area contributed by atoms with Crippen molar-refractivity contribution >= 4 is 64.0 Å². The van der Waals surface area contributed by atoms with E-state index in [2.05, 4.69) is 10.3 Å². The molecule has 142 valence electrons. The van der Waals surface area contributed by atoms with Crippen molar-refractivity contribution in [2.45, 2.75) is 6.92 Å². The van der Waals surface area contributed by atoms with E-state index >= 15 is 0 Å². The van der Waals surface area contributed by atoms with Crippen LogP contribution in [0.2, 0.25) is 5.02 Å². The molecule has 1 fully saturated rings. The van der Waals surface area contributed by atoms with Crippen LogP contribution in [0.5, 0.6) is 0 Å². The molecule has 2 amide bonds. The molecule has 1 saturated heterocycles. The number of amides is 2. The molecule has 0 aromatic heterocycles. The molecule has 0 saturated carbocycles. The number of aryl methyl sites for hydroxylation is 1. The van der Waals surface area contributed by atoms with Crippen LogP contribution in [0.3, 0.4) is 0 Å². The lowest BCUT2D eigenvalue weighted by atomic mass is 10.1. The van der Waals surface area contributed by atoms with Crippen LogP contribution in [0.1, 0.15) is 5.56 Å². The first-order valence-electron chi connectivity index (χ1n) is 8.01. The zero-order chi connectivity index (χ0) is 20.4. The summed E-state index contributed by atoms with van der Waals surface area (Å²) in [6.45, 7) is 1.61. The monoisotopic (exact) mass is 416 g/mol. The minimum absolute atomic E-state index is 0.0482. The van der Waals surface area contributed by atoms with Gasteiger partial charge in [-0.3, -0.25) is 29.6 Å². The highest BCUT2D eigenvalue weighted by atomic mass is 35.5. The molecule has 28 heavy (non-hydrogen) atoms. The van der Waals surface area contributed by atoms with Crippen molar-refractivity contribution in [2.24, 2.45) is 10.9 Å². The molecule has 0 radical (unpaired) electrons. The van der Waals surface area contributed by atoms with Crippen LogP contribution in [-0.4, -0.2) is 28.1 Å². The SMILES string of the molecule is Cc1ccc(N=C[C@H]2C(=O)NC(=S)N(c3ccc(Cl)cc3)C2=O)cc1[N+](=O)[O-]. The lowest BCUT2D eigenvalue weighted by Gasteiger charge is -2.30. The summed E-state index contributed by atoms with van der Waals surface area (Å²) in [5.74, 6) is -2.44. The number of halogens is 1. The predicted molar refractivity (Wildman–Crippen MR) is 109 cm³/mol. The van der Waals surface area contributed by atoms with E-state index in [4.69, 9.17) is 23.8 Å². The van der Waals surface area contributed by atoms with Crippen molar-refractivity contribution in [3.8, 4) is 0 Å². The summed E-state index contributed by atoms with van der Waals surface area (Å²) < 4.78 is 0. The number of nitrogens with one attached hydrogen (secondary N) is 1. The van der Waals surface area contributed by atoms with Crippen molar-refractivity contribution in [1.29, 1.82) is 0 Å². The van der Waals surface area contributed by atoms with E-state index in [0.717, 1.165) is 6.21 Å². The van der Waals surface area contributed by atoms with Crippen molar-refractivity contribution in [2.75, 3.05) is 4.90 Å². The molecule has 1 atom stereocenters. The third-order valence-corrected chi connectivity index (χ3v) is 4.59. The van der Waals surface area contributed by atoms with Gasteiger partial charge in [0.15, 0.2) is 11.0 Å². The highest BCUT2D eigenvalue weighted by Gasteiger charge is 2.38. The average molecular weight is 417 g/mol. The van der Waals surface area contributed by atoms with E-state index in [1.807, 2.05) is 0 Å². The first kappa shape index (κ1) is 19.6. The molecule has 1 N–H and O–H groups in total. The lowest BCUT2D eigenvalue weighted by molar-refractivity contribution is -0.385. The lowest BCUT2D eigenvalue weighted by Crippen LogP contribution is -2.58. The molecule has 2 aromatic carbocycles. The zero-order valence-electron chi connectivity index (χ0n) is 14.5. The highest BCUT2D eigenvalue weighted by molar-refractivity contribution is 7.80. The molecule has 10 heteroatoms. The third kappa shape index (κ3) is 3.90. The van der Waals surface area contributed by atoms with Crippen LogP contribution in [0.15, 0.2) is 47.5 Å². The van der Waals surface area contributed by atoms with Crippen LogP contribution >= 0.6 is 23.8 Å². The second-order valence-corrected chi connectivity index (χ2v) is 6.75. The van der Waals surface area contributed by atoms with Gasteiger partial charge in [0.25, 0.3) is 11.6 Å². The van der Waals surface area contributed by atoms with E-state index in [9.17, 15) is 19.7 Å². The Balaban J connectivity index is 1.89. The summed E-state index contributed by atoms with van der Waals surface area (Å²) in [5.41, 5.74) is 1.08. The molecule has 8 nitrogen and oxygen atoms in total. The van der Waals surface area contributed by atoms with Gasteiger partial charge in [-0.25, -0.2) is 0 Å². The minimum Gasteiger partial charge on any atom is -0.301 e. The summed E-state index contributed by atoms with van der Waals surface area (Å²) in [4.78, 5) is 40.8. The second kappa shape index (κ2) is 7.83. The van der Waals surface area contributed by atoms with Crippen LogP contribution in [0.4, 0.5) is 17.1 Å². The van der Waals surface area contributed by atoms with E-state index in [1.165, 1.54) is 11.0 Å². The van der Waals surface area contributed by atoms with Gasteiger partial charge in [-0.2, -0.15) is 0 Å². The number of nitro groups is 1. The first-order chi connectivity index (χ1) is 13.3. The van der Waals surface area contributed by atoms with E-state index in [0.29, 0.717) is 16.3 Å². The van der Waals surface area contributed by atoms with Gasteiger partial charge < -0.3 is 5.32 Å². The summed E-state index contributed by atoms with van der Waals surface area (Å²) in [5, 5.41) is 14.0. The van der Waals surface area contributed by atoms with Crippen molar-refractivity contribution in [3.05, 3.63) is 63.2 Å². The largest absolute Gasteiger partial charge is 0.301 e. The fourth-order valence-electron chi connectivity index (χ4n) is 2.59. The molecule has 0 unspecified atom stereocenters. The number of aliphatic imine (C=N–C) groups is 1. The van der Waals surface area contributed by atoms with Crippen molar-refractivity contribution in [1.82, 2.24) is 5.32 Å². The fourth-order valence-corrected chi connectivity index (χ4v) is 3.01. The number of rotatable bonds is 4. The Bertz CT molecular complexity index is 1020. The van der Waals surface area contributed by atoms with Gasteiger partial charge in [0, 0.05) is 22.9 Å². The number of nitro benzene ring substituents is 1. The summed E-state index contributed by atoms with van der Waals surface area (Å²) >= 11 is 11.0. The fraction of sp³-hybridized carbons (Fsp3) is 0.111. The predicted octanol–water partition coefficient (Wildman–Crippen LogP) is 3.32. The molecule has 0 aliphatic carbocycles. The molecular formula is C18H13ClN4O4S. The Morgan fingerprint density at radius 3 is 2.57 bits per heavy atom. The normalized spacial score (nSPS) is 17.1. The zero-order valence-corrected chi connectivity index (χ0v) is 16.0. The number of hydrogen-bond donors (Lipinski definition) is 1. The second-order valence-electron chi connectivity index (χ2n) is 5.93. The van der Waals surface area contributed by atoms with Crippen molar-refractivity contribution < 1.29 is 14.5 Å². The van der Waals surface area contributed by atoms with E-state index in [-0.39, 0.29) is 16.5 Å². The molecular weight excluding hydrogens is 404 g/mol. The Labute approximate surface area is 170 Å². The number of hydrogen-bond acceptors (Lipinski definition) is 6. The number of anilines is 1. The summed E-state index contributed by atoms with van der Waals surface area (Å²) in [6, 6.07) is 10.8. The Morgan fingerprint density at radius 2 is 1.93 bits per heavy atom. The van der Waals surface area contributed by atoms with Gasteiger partial charge in [-0.15, -0.1) is 0 Å². The number of nitrogens with zero attached hydrogens (tertiary/aromatic N) is 3. The third-order valence-electron chi connectivity index (χ3n) is 4.05. The number of carbonyl (C=O) groups excluding carboxylic acids is 2. The minimum atomic E-state index is -1.23. The Morgan fingerprint density at radius 1 is 1.25 bits per heavy atom. The number of carbonyl (C=O) groups is 2. The van der Waals surface area contributed by atoms with Gasteiger partial charge in [0.05, 0.1) is 16.3 Å².